The van der Waals surface area contributed by atoms with E-state index in [0.29, 0.717) is 19.2 Å². The zero-order chi connectivity index (χ0) is 17.5. The summed E-state index contributed by atoms with van der Waals surface area (Å²) in [5.74, 6) is 0.802. The number of ether oxygens (including phenoxy) is 1. The number of nitrogens with zero attached hydrogens (tertiary/aromatic N) is 3. The Morgan fingerprint density at radius 1 is 1.08 bits per heavy atom. The minimum Gasteiger partial charge on any atom is -0.491 e. The van der Waals surface area contributed by atoms with E-state index in [4.69, 9.17) is 4.74 Å². The van der Waals surface area contributed by atoms with Crippen LogP contribution in [-0.2, 0) is 0 Å². The molecule has 0 bridgehead atoms. The average Bonchev–Trinajstić information content (AvgIpc) is 2.68. The minimum absolute atomic E-state index is 0.330. The fourth-order valence-corrected chi connectivity index (χ4v) is 3.23. The van der Waals surface area contributed by atoms with Crippen molar-refractivity contribution < 1.29 is 9.84 Å². The highest BCUT2D eigenvalue weighted by Gasteiger charge is 2.23. The van der Waals surface area contributed by atoms with Crippen molar-refractivity contribution in [3.63, 3.8) is 0 Å². The van der Waals surface area contributed by atoms with Gasteiger partial charge in [0.05, 0.1) is 0 Å². The molecule has 0 radical (unpaired) electrons. The maximum atomic E-state index is 10.2. The summed E-state index contributed by atoms with van der Waals surface area (Å²) in [5, 5.41) is 10.2. The lowest BCUT2D eigenvalue weighted by atomic mass is 10.1. The normalized spacial score (nSPS) is 18.6. The van der Waals surface area contributed by atoms with Gasteiger partial charge in [0.25, 0.3) is 0 Å². The molecule has 0 unspecified atom stereocenters. The largest absolute Gasteiger partial charge is 0.491 e. The van der Waals surface area contributed by atoms with E-state index in [-0.39, 0.29) is 0 Å². The van der Waals surface area contributed by atoms with Gasteiger partial charge in [-0.3, -0.25) is 14.8 Å². The van der Waals surface area contributed by atoms with Gasteiger partial charge in [-0.05, 0) is 30.7 Å². The number of para-hydroxylation sites is 1. The molecule has 0 amide bonds. The van der Waals surface area contributed by atoms with E-state index in [1.165, 1.54) is 5.56 Å². The van der Waals surface area contributed by atoms with Gasteiger partial charge in [0.15, 0.2) is 0 Å². The second-order valence-corrected chi connectivity index (χ2v) is 6.58. The Kier molecular flexibility index (Phi) is 6.39. The van der Waals surface area contributed by atoms with E-state index in [9.17, 15) is 5.11 Å². The van der Waals surface area contributed by atoms with Crippen LogP contribution in [-0.4, -0.2) is 65.3 Å². The van der Waals surface area contributed by atoms with Crippen molar-refractivity contribution >= 4 is 0 Å². The molecular weight excluding hydrogens is 314 g/mol. The smallest absolute Gasteiger partial charge is 0.119 e. The first-order valence-corrected chi connectivity index (χ1v) is 8.94. The van der Waals surface area contributed by atoms with Crippen LogP contribution in [0.15, 0.2) is 54.9 Å². The number of β-amino-alcohol motifs (C(OH)–C–C–N with tert-alkyl or cyclic N) is 1. The number of piperazine rings is 1. The molecule has 0 saturated carbocycles. The van der Waals surface area contributed by atoms with Gasteiger partial charge in [0, 0.05) is 51.2 Å². The summed E-state index contributed by atoms with van der Waals surface area (Å²) in [4.78, 5) is 9.00. The molecule has 0 aliphatic carbocycles. The van der Waals surface area contributed by atoms with Gasteiger partial charge < -0.3 is 9.84 Å². The summed E-state index contributed by atoms with van der Waals surface area (Å²) in [7, 11) is 0. The lowest BCUT2D eigenvalue weighted by Gasteiger charge is -2.38. The van der Waals surface area contributed by atoms with E-state index in [2.05, 4.69) is 27.8 Å². The molecule has 25 heavy (non-hydrogen) atoms. The molecule has 1 saturated heterocycles. The number of hydrogen-bond donors (Lipinski definition) is 1. The quantitative estimate of drug-likeness (QED) is 0.837. The Morgan fingerprint density at radius 2 is 1.84 bits per heavy atom. The maximum Gasteiger partial charge on any atom is 0.119 e. The molecule has 5 nitrogen and oxygen atoms in total. The van der Waals surface area contributed by atoms with Crippen LogP contribution in [0.2, 0.25) is 0 Å². The van der Waals surface area contributed by atoms with Crippen molar-refractivity contribution in [2.45, 2.75) is 19.1 Å². The fraction of sp³-hybridized carbons (Fsp3) is 0.450. The van der Waals surface area contributed by atoms with Gasteiger partial charge in [-0.1, -0.05) is 24.3 Å². The van der Waals surface area contributed by atoms with Crippen LogP contribution < -0.4 is 4.74 Å². The SMILES string of the molecule is C[C@@H](c1cccnc1)N1CCN(C[C@@H](O)COc2ccccc2)CC1. The molecular formula is C20H27N3O2. The molecule has 1 N–H and O–H groups in total. The van der Waals surface area contributed by atoms with Gasteiger partial charge >= 0.3 is 0 Å². The van der Waals surface area contributed by atoms with Gasteiger partial charge in [0.2, 0.25) is 0 Å². The van der Waals surface area contributed by atoms with Gasteiger partial charge in [0.1, 0.15) is 18.5 Å². The van der Waals surface area contributed by atoms with E-state index < -0.39 is 6.10 Å². The first-order valence-electron chi connectivity index (χ1n) is 8.94. The van der Waals surface area contributed by atoms with E-state index >= 15 is 0 Å². The van der Waals surface area contributed by atoms with Crippen molar-refractivity contribution in [2.75, 3.05) is 39.3 Å². The Labute approximate surface area is 149 Å². The highest BCUT2D eigenvalue weighted by molar-refractivity contribution is 5.20. The Hall–Kier alpha value is -1.95. The minimum atomic E-state index is -0.470. The number of aliphatic hydroxyl groups is 1. The van der Waals surface area contributed by atoms with Crippen LogP contribution in [0, 0.1) is 0 Å². The van der Waals surface area contributed by atoms with E-state index in [1.807, 2.05) is 48.8 Å². The highest BCUT2D eigenvalue weighted by atomic mass is 16.5. The van der Waals surface area contributed by atoms with Gasteiger partial charge in [-0.15, -0.1) is 0 Å². The fourth-order valence-electron chi connectivity index (χ4n) is 3.23. The Morgan fingerprint density at radius 3 is 2.52 bits per heavy atom. The molecule has 1 aliphatic heterocycles. The molecule has 134 valence electrons. The lowest BCUT2D eigenvalue weighted by molar-refractivity contribution is 0.0380. The monoisotopic (exact) mass is 341 g/mol. The molecule has 2 aromatic rings. The molecule has 3 rings (SSSR count). The van der Waals surface area contributed by atoms with Crippen LogP contribution >= 0.6 is 0 Å². The molecule has 1 aliphatic rings. The number of pyridine rings is 1. The summed E-state index contributed by atoms with van der Waals surface area (Å²) in [6.45, 7) is 7.15. The molecule has 1 fully saturated rings. The maximum absolute atomic E-state index is 10.2. The number of aliphatic hydroxyl groups excluding tert-OH is 1. The van der Waals surface area contributed by atoms with Crippen molar-refractivity contribution in [1.29, 1.82) is 0 Å². The van der Waals surface area contributed by atoms with Crippen LogP contribution in [0.1, 0.15) is 18.5 Å². The van der Waals surface area contributed by atoms with Crippen LogP contribution in [0.4, 0.5) is 0 Å². The van der Waals surface area contributed by atoms with Crippen molar-refractivity contribution in [1.82, 2.24) is 14.8 Å². The molecule has 2 heterocycles. The van der Waals surface area contributed by atoms with Crippen molar-refractivity contribution in [2.24, 2.45) is 0 Å². The number of aromatic nitrogens is 1. The third kappa shape index (κ3) is 5.26. The van der Waals surface area contributed by atoms with Crippen LogP contribution in [0.3, 0.4) is 0 Å². The number of benzene rings is 1. The summed E-state index contributed by atoms with van der Waals surface area (Å²) in [6.07, 6.45) is 3.29. The van der Waals surface area contributed by atoms with Gasteiger partial charge in [-0.2, -0.15) is 0 Å². The van der Waals surface area contributed by atoms with Gasteiger partial charge in [-0.25, -0.2) is 0 Å². The molecule has 2 atom stereocenters. The first kappa shape index (κ1) is 17.9. The topological polar surface area (TPSA) is 48.8 Å². The molecule has 1 aromatic heterocycles. The Balaban J connectivity index is 1.40. The summed E-state index contributed by atoms with van der Waals surface area (Å²) in [6, 6.07) is 14.1. The number of hydrogen-bond acceptors (Lipinski definition) is 5. The number of rotatable bonds is 7. The highest BCUT2D eigenvalue weighted by Crippen LogP contribution is 2.20. The van der Waals surface area contributed by atoms with Crippen molar-refractivity contribution in [3.8, 4) is 5.75 Å². The lowest BCUT2D eigenvalue weighted by Crippen LogP contribution is -2.49. The third-order valence-corrected chi connectivity index (χ3v) is 4.78. The second-order valence-electron chi connectivity index (χ2n) is 6.58. The van der Waals surface area contributed by atoms with E-state index in [1.54, 1.807) is 0 Å². The summed E-state index contributed by atoms with van der Waals surface area (Å²) < 4.78 is 5.63. The van der Waals surface area contributed by atoms with Crippen LogP contribution in [0.5, 0.6) is 5.75 Å². The molecule has 1 aromatic carbocycles. The summed E-state index contributed by atoms with van der Waals surface area (Å²) in [5.41, 5.74) is 1.26. The predicted octanol–water partition coefficient (Wildman–Crippen LogP) is 2.20. The predicted molar refractivity (Wildman–Crippen MR) is 98.6 cm³/mol. The second kappa shape index (κ2) is 8.94. The van der Waals surface area contributed by atoms with E-state index in [0.717, 1.165) is 31.9 Å². The average molecular weight is 341 g/mol. The Bertz CT molecular complexity index is 615. The zero-order valence-corrected chi connectivity index (χ0v) is 14.8. The van der Waals surface area contributed by atoms with Crippen LogP contribution in [0.25, 0.3) is 0 Å². The summed E-state index contributed by atoms with van der Waals surface area (Å²) >= 11 is 0. The molecule has 5 heteroatoms. The van der Waals surface area contributed by atoms with Crippen molar-refractivity contribution in [3.05, 3.63) is 60.4 Å². The standard InChI is InChI=1S/C20H27N3O2/c1-17(18-6-5-9-21-14-18)23-12-10-22(11-13-23)15-19(24)16-25-20-7-3-2-4-8-20/h2-9,14,17,19,24H,10-13,15-16H2,1H3/t17-,19+/m0/s1. The first-order chi connectivity index (χ1) is 12.2. The third-order valence-electron chi connectivity index (χ3n) is 4.78. The molecule has 0 spiro atoms. The zero-order valence-electron chi connectivity index (χ0n) is 14.8.